The van der Waals surface area contributed by atoms with Gasteiger partial charge in [0.2, 0.25) is 0 Å². The summed E-state index contributed by atoms with van der Waals surface area (Å²) in [5.74, 6) is 0.233. The van der Waals surface area contributed by atoms with Gasteiger partial charge in [-0.05, 0) is 19.3 Å². The molecule has 0 fully saturated rings. The molecule has 0 rings (SSSR count). The molecule has 69 valence electrons. The van der Waals surface area contributed by atoms with Crippen LogP contribution in [0, 0.1) is 41.5 Å². The van der Waals surface area contributed by atoms with Crippen molar-refractivity contribution in [1.29, 1.82) is 0 Å². The van der Waals surface area contributed by atoms with Crippen LogP contribution in [-0.2, 0) is 0 Å². The molecule has 1 atom stereocenters. The molecule has 0 spiro atoms. The molecule has 1 unspecified atom stereocenters. The van der Waals surface area contributed by atoms with E-state index in [1.54, 1.807) is 7.05 Å². The van der Waals surface area contributed by atoms with Crippen LogP contribution < -0.4 is 0 Å². The maximum absolute atomic E-state index is 10.0. The topological polar surface area (TPSA) is 32.6 Å². The normalized spacial score (nSPS) is 17.1. The minimum atomic E-state index is -0.700. The molecule has 0 saturated heterocycles. The maximum Gasteiger partial charge on any atom is 0.104 e. The third-order valence-corrected chi connectivity index (χ3v) is 2.46. The maximum atomic E-state index is 10.0. The second-order valence-electron chi connectivity index (χ2n) is 3.24. The van der Waals surface area contributed by atoms with Gasteiger partial charge >= 0.3 is 0 Å². The largest absolute Gasteiger partial charge is 0.384 e. The quantitative estimate of drug-likeness (QED) is 0.792. The van der Waals surface area contributed by atoms with Crippen LogP contribution >= 0.6 is 0 Å². The number of aliphatic hydroxyl groups is 1. The first-order valence-electron chi connectivity index (χ1n) is 4.15. The molecular weight excluding hydrogens is 277 g/mol. The van der Waals surface area contributed by atoms with Gasteiger partial charge in [-0.15, -0.1) is 0 Å². The van der Waals surface area contributed by atoms with Gasteiger partial charge in [-0.3, -0.25) is 4.99 Å². The van der Waals surface area contributed by atoms with E-state index in [2.05, 4.69) is 4.99 Å². The minimum absolute atomic E-state index is 0. The Morgan fingerprint density at radius 1 is 1.50 bits per heavy atom. The predicted octanol–water partition coefficient (Wildman–Crippen LogP) is 1.87. The van der Waals surface area contributed by atoms with Crippen LogP contribution in [0.25, 0.3) is 0 Å². The second-order valence-corrected chi connectivity index (χ2v) is 3.24. The Hall–Kier alpha value is 0.825. The Morgan fingerprint density at radius 3 is 2.00 bits per heavy atom. The Balaban J connectivity index is 0. The van der Waals surface area contributed by atoms with Crippen LogP contribution in [0.2, 0.25) is 0 Å². The molecule has 1 radical (unpaired) electrons. The molecule has 0 aromatic carbocycles. The SMILES string of the molecule is CCC(O)(C(C)=NC)C(C)C.[La]. The monoisotopic (exact) mass is 296 g/mol. The zero-order chi connectivity index (χ0) is 9.07. The van der Waals surface area contributed by atoms with E-state index in [1.807, 2.05) is 27.7 Å². The van der Waals surface area contributed by atoms with Crippen LogP contribution in [0.1, 0.15) is 34.1 Å². The molecule has 2 nitrogen and oxygen atoms in total. The van der Waals surface area contributed by atoms with E-state index in [0.29, 0.717) is 0 Å². The number of nitrogens with zero attached hydrogens (tertiary/aromatic N) is 1. The number of hydrogen-bond donors (Lipinski definition) is 1. The minimum Gasteiger partial charge on any atom is -0.384 e. The van der Waals surface area contributed by atoms with Crippen LogP contribution in [0.15, 0.2) is 4.99 Å². The summed E-state index contributed by atoms with van der Waals surface area (Å²) in [7, 11) is 1.72. The zero-order valence-electron chi connectivity index (χ0n) is 8.76. The van der Waals surface area contributed by atoms with Gasteiger partial charge in [0.1, 0.15) is 5.60 Å². The van der Waals surface area contributed by atoms with Crippen molar-refractivity contribution in [1.82, 2.24) is 0 Å². The molecule has 0 aromatic heterocycles. The first-order valence-corrected chi connectivity index (χ1v) is 4.15. The molecule has 0 aliphatic heterocycles. The van der Waals surface area contributed by atoms with Crippen LogP contribution in [0.4, 0.5) is 0 Å². The van der Waals surface area contributed by atoms with Crippen LogP contribution in [-0.4, -0.2) is 23.5 Å². The fraction of sp³-hybridized carbons (Fsp3) is 0.889. The second kappa shape index (κ2) is 6.30. The Kier molecular flexibility index (Phi) is 8.04. The van der Waals surface area contributed by atoms with Crippen LogP contribution in [0.5, 0.6) is 0 Å². The smallest absolute Gasteiger partial charge is 0.104 e. The average Bonchev–Trinajstić information content (AvgIpc) is 2.01. The van der Waals surface area contributed by atoms with E-state index in [1.165, 1.54) is 0 Å². The summed E-state index contributed by atoms with van der Waals surface area (Å²) in [5.41, 5.74) is 0.129. The summed E-state index contributed by atoms with van der Waals surface area (Å²) in [5, 5.41) is 10.0. The third kappa shape index (κ3) is 3.29. The summed E-state index contributed by atoms with van der Waals surface area (Å²) in [6, 6.07) is 0. The predicted molar refractivity (Wildman–Crippen MR) is 49.1 cm³/mol. The van der Waals surface area contributed by atoms with Crippen molar-refractivity contribution in [2.75, 3.05) is 7.05 Å². The first kappa shape index (κ1) is 15.3. The summed E-state index contributed by atoms with van der Waals surface area (Å²) in [6.45, 7) is 7.88. The molecule has 0 amide bonds. The van der Waals surface area contributed by atoms with Crippen molar-refractivity contribution in [3.8, 4) is 0 Å². The molecule has 1 N–H and O–H groups in total. The van der Waals surface area contributed by atoms with Gasteiger partial charge < -0.3 is 5.11 Å². The summed E-state index contributed by atoms with van der Waals surface area (Å²) < 4.78 is 0. The van der Waals surface area contributed by atoms with Gasteiger partial charge in [0.05, 0.1) is 0 Å². The van der Waals surface area contributed by atoms with Gasteiger partial charge in [-0.2, -0.15) is 0 Å². The molecule has 0 heterocycles. The summed E-state index contributed by atoms with van der Waals surface area (Å²) in [6.07, 6.45) is 0.730. The van der Waals surface area contributed by atoms with E-state index >= 15 is 0 Å². The molecule has 0 saturated carbocycles. The van der Waals surface area contributed by atoms with Gasteiger partial charge in [0.15, 0.2) is 0 Å². The molecule has 0 aliphatic rings. The van der Waals surface area contributed by atoms with Gasteiger partial charge in [0.25, 0.3) is 0 Å². The summed E-state index contributed by atoms with van der Waals surface area (Å²) >= 11 is 0. The third-order valence-electron chi connectivity index (χ3n) is 2.46. The van der Waals surface area contributed by atoms with E-state index in [0.717, 1.165) is 12.1 Å². The van der Waals surface area contributed by atoms with Gasteiger partial charge in [0, 0.05) is 48.4 Å². The Morgan fingerprint density at radius 2 is 1.92 bits per heavy atom. The van der Waals surface area contributed by atoms with Crippen molar-refractivity contribution < 1.29 is 40.7 Å². The fourth-order valence-corrected chi connectivity index (χ4v) is 1.28. The molecule has 12 heavy (non-hydrogen) atoms. The molecule has 0 aromatic rings. The first-order chi connectivity index (χ1) is 4.99. The molecule has 3 heteroatoms. The van der Waals surface area contributed by atoms with Crippen molar-refractivity contribution in [2.24, 2.45) is 10.9 Å². The molecular formula is C9H19LaNO. The van der Waals surface area contributed by atoms with Crippen molar-refractivity contribution in [3.63, 3.8) is 0 Å². The van der Waals surface area contributed by atoms with Crippen molar-refractivity contribution >= 4 is 5.71 Å². The Labute approximate surface area is 103 Å². The van der Waals surface area contributed by atoms with Crippen LogP contribution in [0.3, 0.4) is 0 Å². The van der Waals surface area contributed by atoms with Crippen molar-refractivity contribution in [3.05, 3.63) is 0 Å². The average molecular weight is 296 g/mol. The van der Waals surface area contributed by atoms with Crippen molar-refractivity contribution in [2.45, 2.75) is 39.7 Å². The van der Waals surface area contributed by atoms with Gasteiger partial charge in [-0.1, -0.05) is 20.8 Å². The summed E-state index contributed by atoms with van der Waals surface area (Å²) in [4.78, 5) is 4.02. The Bertz CT molecular complexity index is 157. The number of aliphatic imine (C=N–C) groups is 1. The van der Waals surface area contributed by atoms with E-state index < -0.39 is 5.60 Å². The fourth-order valence-electron chi connectivity index (χ4n) is 1.28. The molecule has 0 aliphatic carbocycles. The van der Waals surface area contributed by atoms with E-state index in [9.17, 15) is 5.11 Å². The number of rotatable bonds is 3. The zero-order valence-corrected chi connectivity index (χ0v) is 12.4. The number of hydrogen-bond acceptors (Lipinski definition) is 2. The molecule has 0 bridgehead atoms. The standard InChI is InChI=1S/C9H19NO.La/c1-6-9(11,7(2)3)8(4)10-5;/h7,11H,6H2,1-5H3;. The van der Waals surface area contributed by atoms with E-state index in [-0.39, 0.29) is 41.5 Å². The van der Waals surface area contributed by atoms with E-state index in [4.69, 9.17) is 0 Å². The van der Waals surface area contributed by atoms with Gasteiger partial charge in [-0.25, -0.2) is 0 Å².